The number of piperidine rings is 1. The number of rotatable bonds is 4. The highest BCUT2D eigenvalue weighted by Crippen LogP contribution is 2.35. The maximum Gasteiger partial charge on any atom is 0.320 e. The zero-order valence-electron chi connectivity index (χ0n) is 14.9. The Morgan fingerprint density at radius 1 is 1.11 bits per heavy atom. The van der Waals surface area contributed by atoms with Gasteiger partial charge in [0, 0.05) is 11.6 Å². The Balaban J connectivity index is 1.85. The third kappa shape index (κ3) is 3.55. The fourth-order valence-corrected chi connectivity index (χ4v) is 4.02. The Hall–Kier alpha value is -2.79. The number of benzene rings is 2. The number of pyridine rings is 1. The van der Waals surface area contributed by atoms with Crippen LogP contribution in [0.1, 0.15) is 36.4 Å². The average molecular weight is 364 g/mol. The topological polar surface area (TPSA) is 53.4 Å². The number of aromatic nitrogens is 1. The number of carbonyl (C=O) groups is 1. The van der Waals surface area contributed by atoms with E-state index in [0.29, 0.717) is 13.0 Å². The van der Waals surface area contributed by atoms with Crippen LogP contribution in [0.3, 0.4) is 0 Å². The zero-order valence-corrected chi connectivity index (χ0v) is 14.9. The van der Waals surface area contributed by atoms with Gasteiger partial charge in [0.1, 0.15) is 11.9 Å². The molecule has 0 saturated carbocycles. The monoisotopic (exact) mass is 364 g/mol. The molecule has 0 bridgehead atoms. The molecule has 2 heterocycles. The molecule has 2 atom stereocenters. The van der Waals surface area contributed by atoms with Crippen LogP contribution in [0.5, 0.6) is 0 Å². The molecule has 27 heavy (non-hydrogen) atoms. The summed E-state index contributed by atoms with van der Waals surface area (Å²) in [6.45, 7) is 0.658. The predicted molar refractivity (Wildman–Crippen MR) is 102 cm³/mol. The van der Waals surface area contributed by atoms with Gasteiger partial charge in [0.05, 0.1) is 11.6 Å². The van der Waals surface area contributed by atoms with Crippen LogP contribution >= 0.6 is 0 Å². The Bertz CT molecular complexity index is 975. The summed E-state index contributed by atoms with van der Waals surface area (Å²) >= 11 is 0. The van der Waals surface area contributed by atoms with E-state index in [4.69, 9.17) is 0 Å². The molecule has 5 heteroatoms. The Morgan fingerprint density at radius 3 is 2.78 bits per heavy atom. The molecule has 1 saturated heterocycles. The molecule has 1 N–H and O–H groups in total. The van der Waals surface area contributed by atoms with Crippen LogP contribution < -0.4 is 0 Å². The number of hydrogen-bond acceptors (Lipinski definition) is 3. The van der Waals surface area contributed by atoms with Crippen molar-refractivity contribution in [1.29, 1.82) is 0 Å². The highest BCUT2D eigenvalue weighted by atomic mass is 19.1. The third-order valence-electron chi connectivity index (χ3n) is 5.25. The summed E-state index contributed by atoms with van der Waals surface area (Å²) in [5.41, 5.74) is 2.51. The van der Waals surface area contributed by atoms with Gasteiger partial charge in [-0.25, -0.2) is 4.39 Å². The summed E-state index contributed by atoms with van der Waals surface area (Å²) in [5, 5.41) is 10.7. The molecule has 0 aliphatic carbocycles. The van der Waals surface area contributed by atoms with Gasteiger partial charge in [-0.2, -0.15) is 0 Å². The van der Waals surface area contributed by atoms with Gasteiger partial charge in [-0.1, -0.05) is 36.8 Å². The van der Waals surface area contributed by atoms with Crippen molar-refractivity contribution in [1.82, 2.24) is 9.88 Å². The van der Waals surface area contributed by atoms with Gasteiger partial charge in [-0.15, -0.1) is 0 Å². The fraction of sp³-hybridized carbons (Fsp3) is 0.273. The number of para-hydroxylation sites is 1. The molecule has 1 aliphatic rings. The normalized spacial score (nSPS) is 19.1. The molecule has 2 aromatic carbocycles. The van der Waals surface area contributed by atoms with Crippen molar-refractivity contribution in [3.8, 4) is 0 Å². The van der Waals surface area contributed by atoms with Crippen LogP contribution in [0.4, 0.5) is 4.39 Å². The Morgan fingerprint density at radius 2 is 1.96 bits per heavy atom. The predicted octanol–water partition coefficient (Wildman–Crippen LogP) is 4.40. The lowest BCUT2D eigenvalue weighted by molar-refractivity contribution is -0.145. The standard InChI is InChI=1S/C22H21FN2O2/c23-18-8-5-7-16(13-18)21(25-11-4-3-10-20(25)22(26)27)17-12-15-6-1-2-9-19(15)24-14-17/h1-2,5-9,12-14,20-21H,3-4,10-11H2,(H,26,27). The van der Waals surface area contributed by atoms with Gasteiger partial charge in [0.25, 0.3) is 0 Å². The van der Waals surface area contributed by atoms with Crippen molar-refractivity contribution in [3.63, 3.8) is 0 Å². The van der Waals surface area contributed by atoms with E-state index in [2.05, 4.69) is 4.98 Å². The van der Waals surface area contributed by atoms with Crippen LogP contribution in [0, 0.1) is 5.82 Å². The van der Waals surface area contributed by atoms with Gasteiger partial charge in [0.2, 0.25) is 0 Å². The maximum absolute atomic E-state index is 14.0. The Kier molecular flexibility index (Phi) is 4.86. The molecule has 2 unspecified atom stereocenters. The average Bonchev–Trinajstić information content (AvgIpc) is 2.68. The largest absolute Gasteiger partial charge is 0.480 e. The molecule has 1 aliphatic heterocycles. The molecule has 4 nitrogen and oxygen atoms in total. The second-order valence-electron chi connectivity index (χ2n) is 7.01. The van der Waals surface area contributed by atoms with Gasteiger partial charge in [0.15, 0.2) is 0 Å². The lowest BCUT2D eigenvalue weighted by Gasteiger charge is -2.39. The van der Waals surface area contributed by atoms with Crippen molar-refractivity contribution in [2.24, 2.45) is 0 Å². The van der Waals surface area contributed by atoms with Gasteiger partial charge in [-0.05, 0) is 54.8 Å². The van der Waals surface area contributed by atoms with Crippen molar-refractivity contribution in [3.05, 3.63) is 77.7 Å². The van der Waals surface area contributed by atoms with Crippen molar-refractivity contribution >= 4 is 16.9 Å². The highest BCUT2D eigenvalue weighted by Gasteiger charge is 2.35. The molecular weight excluding hydrogens is 343 g/mol. The number of fused-ring (bicyclic) bond motifs is 1. The van der Waals surface area contributed by atoms with Crippen LogP contribution in [0.25, 0.3) is 10.9 Å². The summed E-state index contributed by atoms with van der Waals surface area (Å²) in [5.74, 6) is -1.15. The van der Waals surface area contributed by atoms with Gasteiger partial charge >= 0.3 is 5.97 Å². The van der Waals surface area contributed by atoms with Crippen LogP contribution in [-0.2, 0) is 4.79 Å². The first-order chi connectivity index (χ1) is 13.1. The van der Waals surface area contributed by atoms with E-state index in [9.17, 15) is 14.3 Å². The molecule has 0 amide bonds. The summed E-state index contributed by atoms with van der Waals surface area (Å²) in [6.07, 6.45) is 4.20. The van der Waals surface area contributed by atoms with Crippen LogP contribution in [-0.4, -0.2) is 33.5 Å². The second-order valence-corrected chi connectivity index (χ2v) is 7.01. The van der Waals surface area contributed by atoms with E-state index in [1.165, 1.54) is 12.1 Å². The molecule has 3 aromatic rings. The second kappa shape index (κ2) is 7.45. The number of hydrogen-bond donors (Lipinski definition) is 1. The highest BCUT2D eigenvalue weighted by molar-refractivity contribution is 5.79. The van der Waals surface area contributed by atoms with Gasteiger partial charge in [-0.3, -0.25) is 14.7 Å². The Labute approximate surface area is 157 Å². The third-order valence-corrected chi connectivity index (χ3v) is 5.25. The minimum atomic E-state index is -0.829. The van der Waals surface area contributed by atoms with E-state index in [1.807, 2.05) is 41.3 Å². The van der Waals surface area contributed by atoms with Crippen LogP contribution in [0.2, 0.25) is 0 Å². The maximum atomic E-state index is 14.0. The van der Waals surface area contributed by atoms with E-state index in [0.717, 1.165) is 34.9 Å². The van der Waals surface area contributed by atoms with Crippen molar-refractivity contribution in [2.75, 3.05) is 6.54 Å². The van der Waals surface area contributed by atoms with E-state index in [1.54, 1.807) is 12.3 Å². The number of aliphatic carboxylic acids is 1. The molecule has 138 valence electrons. The first-order valence-corrected chi connectivity index (χ1v) is 9.22. The lowest BCUT2D eigenvalue weighted by atomic mass is 9.92. The molecule has 0 radical (unpaired) electrons. The number of likely N-dealkylation sites (tertiary alicyclic amines) is 1. The summed E-state index contributed by atoms with van der Waals surface area (Å²) in [7, 11) is 0. The number of halogens is 1. The molecule has 0 spiro atoms. The molecular formula is C22H21FN2O2. The quantitative estimate of drug-likeness (QED) is 0.745. The number of carboxylic acid groups (broad SMARTS) is 1. The number of carboxylic acids is 1. The fourth-order valence-electron chi connectivity index (χ4n) is 4.02. The van der Waals surface area contributed by atoms with E-state index in [-0.39, 0.29) is 11.9 Å². The van der Waals surface area contributed by atoms with Gasteiger partial charge < -0.3 is 5.11 Å². The first kappa shape index (κ1) is 17.6. The minimum absolute atomic E-state index is 0.324. The van der Waals surface area contributed by atoms with Crippen LogP contribution in [0.15, 0.2) is 60.8 Å². The smallest absolute Gasteiger partial charge is 0.320 e. The first-order valence-electron chi connectivity index (χ1n) is 9.22. The summed E-state index contributed by atoms with van der Waals surface area (Å²) < 4.78 is 14.0. The SMILES string of the molecule is O=C(O)C1CCCCN1C(c1cccc(F)c1)c1cnc2ccccc2c1. The minimum Gasteiger partial charge on any atom is -0.480 e. The summed E-state index contributed by atoms with van der Waals surface area (Å²) in [6, 6.07) is 15.3. The molecule has 4 rings (SSSR count). The zero-order chi connectivity index (χ0) is 18.8. The summed E-state index contributed by atoms with van der Waals surface area (Å²) in [4.78, 5) is 18.4. The molecule has 1 fully saturated rings. The molecule has 1 aromatic heterocycles. The van der Waals surface area contributed by atoms with Crippen molar-refractivity contribution < 1.29 is 14.3 Å². The number of nitrogens with zero attached hydrogens (tertiary/aromatic N) is 2. The van der Waals surface area contributed by atoms with E-state index < -0.39 is 12.0 Å². The lowest BCUT2D eigenvalue weighted by Crippen LogP contribution is -2.46. The van der Waals surface area contributed by atoms with E-state index >= 15 is 0 Å². The van der Waals surface area contributed by atoms with Crippen molar-refractivity contribution in [2.45, 2.75) is 31.3 Å².